The number of aliphatic carboxylic acids is 1. The Hall–Kier alpha value is -1.63. The second-order valence-corrected chi connectivity index (χ2v) is 5.76. The molecule has 7 nitrogen and oxygen atoms in total. The van der Waals surface area contributed by atoms with Crippen LogP contribution < -0.4 is 10.6 Å². The molecule has 0 aliphatic heterocycles. The highest BCUT2D eigenvalue weighted by Crippen LogP contribution is 2.21. The fraction of sp³-hybridized carbons (Fsp3) is 0.769. The van der Waals surface area contributed by atoms with Gasteiger partial charge in [-0.2, -0.15) is 0 Å². The Kier molecular flexibility index (Phi) is 5.50. The Morgan fingerprint density at radius 3 is 2.45 bits per heavy atom. The summed E-state index contributed by atoms with van der Waals surface area (Å²) in [6, 6.07) is -0.599. The van der Waals surface area contributed by atoms with Crippen LogP contribution in [-0.4, -0.2) is 42.3 Å². The van der Waals surface area contributed by atoms with Crippen LogP contribution in [0.1, 0.15) is 39.5 Å². The van der Waals surface area contributed by atoms with Crippen molar-refractivity contribution in [1.82, 2.24) is 10.6 Å². The molecule has 0 bridgehead atoms. The van der Waals surface area contributed by atoms with Crippen molar-refractivity contribution in [1.29, 1.82) is 0 Å². The summed E-state index contributed by atoms with van der Waals surface area (Å²) in [6.07, 6.45) is 2.30. The summed E-state index contributed by atoms with van der Waals surface area (Å²) in [4.78, 5) is 34.1. The number of nitrogens with one attached hydrogen (secondary N) is 2. The highest BCUT2D eigenvalue weighted by Gasteiger charge is 2.31. The Bertz CT molecular complexity index is 394. The molecule has 1 fully saturated rings. The second kappa shape index (κ2) is 6.69. The average molecular weight is 286 g/mol. The first-order valence-corrected chi connectivity index (χ1v) is 6.61. The first-order chi connectivity index (χ1) is 9.24. The number of carbonyl (C=O) groups excluding carboxylic acids is 2. The summed E-state index contributed by atoms with van der Waals surface area (Å²) in [5, 5.41) is 13.8. The summed E-state index contributed by atoms with van der Waals surface area (Å²) in [5.74, 6) is -1.68. The van der Waals surface area contributed by atoms with Crippen molar-refractivity contribution in [3.05, 3.63) is 0 Å². The van der Waals surface area contributed by atoms with Gasteiger partial charge in [-0.25, -0.2) is 4.79 Å². The minimum absolute atomic E-state index is 0.0137. The maximum atomic E-state index is 11.6. The topological polar surface area (TPSA) is 105 Å². The quantitative estimate of drug-likeness (QED) is 0.696. The van der Waals surface area contributed by atoms with E-state index in [2.05, 4.69) is 10.6 Å². The average Bonchev–Trinajstić information content (AvgIpc) is 2.75. The molecule has 1 aliphatic carbocycles. The predicted molar refractivity (Wildman–Crippen MR) is 71.1 cm³/mol. The van der Waals surface area contributed by atoms with Gasteiger partial charge in [-0.3, -0.25) is 14.9 Å². The van der Waals surface area contributed by atoms with Gasteiger partial charge in [0.25, 0.3) is 0 Å². The summed E-state index contributed by atoms with van der Waals surface area (Å²) in [6.45, 7) is 2.87. The van der Waals surface area contributed by atoms with E-state index in [1.165, 1.54) is 13.8 Å². The molecular formula is C13H22N2O5. The zero-order chi connectivity index (χ0) is 15.3. The number of carboxylic acid groups (broad SMARTS) is 1. The molecule has 114 valence electrons. The van der Waals surface area contributed by atoms with E-state index in [4.69, 9.17) is 9.84 Å². The van der Waals surface area contributed by atoms with E-state index >= 15 is 0 Å². The van der Waals surface area contributed by atoms with Crippen LogP contribution in [0.2, 0.25) is 0 Å². The molecule has 0 spiro atoms. The molecule has 0 heterocycles. The van der Waals surface area contributed by atoms with Crippen molar-refractivity contribution >= 4 is 17.9 Å². The standard InChI is InChI=1S/C13H22N2O5/c1-13(2,11(17)18)7-10(16)15-12(19)14-8-4-5-9(6-8)20-3/h8-9H,4-7H2,1-3H3,(H,17,18)(H2,14,15,16,19). The van der Waals surface area contributed by atoms with E-state index in [0.717, 1.165) is 19.3 Å². The molecule has 2 atom stereocenters. The minimum atomic E-state index is -1.20. The van der Waals surface area contributed by atoms with E-state index in [0.29, 0.717) is 0 Å². The summed E-state index contributed by atoms with van der Waals surface area (Å²) in [7, 11) is 1.63. The van der Waals surface area contributed by atoms with E-state index in [1.54, 1.807) is 7.11 Å². The molecule has 0 aromatic rings. The summed E-state index contributed by atoms with van der Waals surface area (Å²) in [5.41, 5.74) is -1.20. The van der Waals surface area contributed by atoms with Gasteiger partial charge < -0.3 is 15.2 Å². The molecule has 0 saturated heterocycles. The molecule has 3 N–H and O–H groups in total. The number of ether oxygens (including phenoxy) is 1. The lowest BCUT2D eigenvalue weighted by atomic mass is 9.89. The summed E-state index contributed by atoms with van der Waals surface area (Å²) >= 11 is 0. The predicted octanol–water partition coefficient (Wildman–Crippen LogP) is 0.881. The molecule has 1 aliphatic rings. The molecule has 2 unspecified atom stereocenters. The Morgan fingerprint density at radius 1 is 1.30 bits per heavy atom. The first kappa shape index (κ1) is 16.4. The first-order valence-electron chi connectivity index (χ1n) is 6.61. The largest absolute Gasteiger partial charge is 0.481 e. The molecule has 1 saturated carbocycles. The third kappa shape index (κ3) is 4.80. The van der Waals surface area contributed by atoms with Crippen LogP contribution in [0.15, 0.2) is 0 Å². The molecule has 20 heavy (non-hydrogen) atoms. The molecule has 0 aromatic carbocycles. The zero-order valence-electron chi connectivity index (χ0n) is 12.1. The van der Waals surface area contributed by atoms with Gasteiger partial charge in [-0.15, -0.1) is 0 Å². The number of imide groups is 1. The van der Waals surface area contributed by atoms with Crippen LogP contribution >= 0.6 is 0 Å². The van der Waals surface area contributed by atoms with Crippen molar-refractivity contribution in [2.45, 2.75) is 51.7 Å². The number of rotatable bonds is 5. The zero-order valence-corrected chi connectivity index (χ0v) is 12.1. The van der Waals surface area contributed by atoms with Gasteiger partial charge in [0.1, 0.15) is 0 Å². The van der Waals surface area contributed by atoms with Crippen LogP contribution in [0.4, 0.5) is 4.79 Å². The van der Waals surface area contributed by atoms with Crippen molar-refractivity contribution in [3.8, 4) is 0 Å². The Balaban J connectivity index is 2.36. The number of hydrogen-bond acceptors (Lipinski definition) is 4. The van der Waals surface area contributed by atoms with Crippen molar-refractivity contribution < 1.29 is 24.2 Å². The lowest BCUT2D eigenvalue weighted by Gasteiger charge is -2.18. The van der Waals surface area contributed by atoms with Crippen molar-refractivity contribution in [2.75, 3.05) is 7.11 Å². The maximum absolute atomic E-state index is 11.6. The molecule has 0 aromatic heterocycles. The number of urea groups is 1. The molecule has 7 heteroatoms. The lowest BCUT2D eigenvalue weighted by Crippen LogP contribution is -2.45. The van der Waals surface area contributed by atoms with Gasteiger partial charge in [-0.05, 0) is 33.1 Å². The van der Waals surface area contributed by atoms with Gasteiger partial charge in [0, 0.05) is 19.6 Å². The fourth-order valence-corrected chi connectivity index (χ4v) is 2.15. The van der Waals surface area contributed by atoms with Crippen LogP contribution in [0, 0.1) is 5.41 Å². The van der Waals surface area contributed by atoms with E-state index in [9.17, 15) is 14.4 Å². The normalized spacial score (nSPS) is 22.4. The Morgan fingerprint density at radius 2 is 1.95 bits per heavy atom. The van der Waals surface area contributed by atoms with Crippen molar-refractivity contribution in [3.63, 3.8) is 0 Å². The molecule has 1 rings (SSSR count). The van der Waals surface area contributed by atoms with E-state index in [-0.39, 0.29) is 18.6 Å². The van der Waals surface area contributed by atoms with Gasteiger partial charge in [-0.1, -0.05) is 0 Å². The van der Waals surface area contributed by atoms with Crippen LogP contribution in [0.25, 0.3) is 0 Å². The SMILES string of the molecule is COC1CCC(NC(=O)NC(=O)CC(C)(C)C(=O)O)C1. The highest BCUT2D eigenvalue weighted by atomic mass is 16.5. The molecule has 3 amide bonds. The maximum Gasteiger partial charge on any atom is 0.321 e. The van der Waals surface area contributed by atoms with E-state index < -0.39 is 23.3 Å². The number of hydrogen-bond donors (Lipinski definition) is 3. The van der Waals surface area contributed by atoms with Crippen molar-refractivity contribution in [2.24, 2.45) is 5.41 Å². The number of carbonyl (C=O) groups is 3. The van der Waals surface area contributed by atoms with Gasteiger partial charge in [0.15, 0.2) is 0 Å². The second-order valence-electron chi connectivity index (χ2n) is 5.76. The number of amides is 3. The van der Waals surface area contributed by atoms with E-state index in [1.807, 2.05) is 0 Å². The lowest BCUT2D eigenvalue weighted by molar-refractivity contribution is -0.149. The Labute approximate surface area is 118 Å². The smallest absolute Gasteiger partial charge is 0.321 e. The third-order valence-electron chi connectivity index (χ3n) is 3.49. The monoisotopic (exact) mass is 286 g/mol. The molecule has 0 radical (unpaired) electrons. The third-order valence-corrected chi connectivity index (χ3v) is 3.49. The van der Waals surface area contributed by atoms with Crippen LogP contribution in [0.3, 0.4) is 0 Å². The number of carboxylic acids is 1. The summed E-state index contributed by atoms with van der Waals surface area (Å²) < 4.78 is 5.19. The van der Waals surface area contributed by atoms with Crippen LogP contribution in [-0.2, 0) is 14.3 Å². The fourth-order valence-electron chi connectivity index (χ4n) is 2.15. The van der Waals surface area contributed by atoms with Gasteiger partial charge in [0.05, 0.1) is 11.5 Å². The van der Waals surface area contributed by atoms with Gasteiger partial charge >= 0.3 is 12.0 Å². The molecular weight excluding hydrogens is 264 g/mol. The van der Waals surface area contributed by atoms with Gasteiger partial charge in [0.2, 0.25) is 5.91 Å². The van der Waals surface area contributed by atoms with Crippen LogP contribution in [0.5, 0.6) is 0 Å². The highest BCUT2D eigenvalue weighted by molar-refractivity contribution is 5.96. The minimum Gasteiger partial charge on any atom is -0.481 e. The number of methoxy groups -OCH3 is 1.